The molecule has 0 saturated heterocycles. The molecule has 0 fully saturated rings. The second kappa shape index (κ2) is 5.77. The van der Waals surface area contributed by atoms with Gasteiger partial charge in [0.25, 0.3) is 0 Å². The van der Waals surface area contributed by atoms with Crippen LogP contribution in [0, 0.1) is 0 Å². The second-order valence-corrected chi connectivity index (χ2v) is 5.89. The Labute approximate surface area is 123 Å². The lowest BCUT2D eigenvalue weighted by Crippen LogP contribution is -2.03. The van der Waals surface area contributed by atoms with E-state index in [-0.39, 0.29) is 0 Å². The third-order valence-corrected chi connectivity index (χ3v) is 4.46. The van der Waals surface area contributed by atoms with Gasteiger partial charge >= 0.3 is 0 Å². The standard InChI is InChI=1S/C16H19N3S/c1-3-19-15-7-5-4-6-14(15)18-16(19)9-12-8-13(10-17-2)20-11-12/h4-8,11,17H,3,9-10H2,1-2H3. The number of imidazole rings is 1. The maximum absolute atomic E-state index is 4.79. The number of hydrogen-bond acceptors (Lipinski definition) is 3. The summed E-state index contributed by atoms with van der Waals surface area (Å²) in [4.78, 5) is 6.16. The highest BCUT2D eigenvalue weighted by atomic mass is 32.1. The molecule has 1 N–H and O–H groups in total. The van der Waals surface area contributed by atoms with E-state index in [1.807, 2.05) is 18.4 Å². The van der Waals surface area contributed by atoms with Crippen molar-refractivity contribution in [1.29, 1.82) is 0 Å². The number of aromatic nitrogens is 2. The van der Waals surface area contributed by atoms with Crippen LogP contribution in [0.2, 0.25) is 0 Å². The van der Waals surface area contributed by atoms with Crippen LogP contribution in [0.5, 0.6) is 0 Å². The molecule has 0 aliphatic rings. The van der Waals surface area contributed by atoms with Crippen molar-refractivity contribution in [3.05, 3.63) is 52.0 Å². The SMILES string of the molecule is CCn1c(Cc2csc(CNC)c2)nc2ccccc21. The highest BCUT2D eigenvalue weighted by Gasteiger charge is 2.10. The predicted octanol–water partition coefficient (Wildman–Crippen LogP) is 3.43. The number of nitrogens with one attached hydrogen (secondary N) is 1. The highest BCUT2D eigenvalue weighted by molar-refractivity contribution is 7.10. The van der Waals surface area contributed by atoms with Crippen LogP contribution < -0.4 is 5.32 Å². The van der Waals surface area contributed by atoms with E-state index in [9.17, 15) is 0 Å². The van der Waals surface area contributed by atoms with Crippen molar-refractivity contribution >= 4 is 22.4 Å². The number of benzene rings is 1. The molecule has 0 radical (unpaired) electrons. The molecule has 0 aliphatic heterocycles. The van der Waals surface area contributed by atoms with E-state index in [0.29, 0.717) is 0 Å². The summed E-state index contributed by atoms with van der Waals surface area (Å²) >= 11 is 1.81. The van der Waals surface area contributed by atoms with Crippen LogP contribution in [-0.4, -0.2) is 16.6 Å². The van der Waals surface area contributed by atoms with Gasteiger partial charge in [-0.3, -0.25) is 0 Å². The predicted molar refractivity (Wildman–Crippen MR) is 85.3 cm³/mol. The van der Waals surface area contributed by atoms with E-state index in [4.69, 9.17) is 4.98 Å². The molecule has 0 aliphatic carbocycles. The lowest BCUT2D eigenvalue weighted by Gasteiger charge is -2.04. The minimum Gasteiger partial charge on any atom is -0.328 e. The first-order valence-corrected chi connectivity index (χ1v) is 7.84. The van der Waals surface area contributed by atoms with Crippen LogP contribution in [0.3, 0.4) is 0 Å². The number of aryl methyl sites for hydroxylation is 1. The van der Waals surface area contributed by atoms with Crippen LogP contribution in [0.1, 0.15) is 23.2 Å². The molecule has 0 spiro atoms. The van der Waals surface area contributed by atoms with Gasteiger partial charge in [0.2, 0.25) is 0 Å². The summed E-state index contributed by atoms with van der Waals surface area (Å²) in [6.07, 6.45) is 0.905. The first-order valence-electron chi connectivity index (χ1n) is 6.97. The van der Waals surface area contributed by atoms with Gasteiger partial charge < -0.3 is 9.88 Å². The molecule has 2 heterocycles. The van der Waals surface area contributed by atoms with Gasteiger partial charge in [-0.25, -0.2) is 4.98 Å². The molecule has 3 nitrogen and oxygen atoms in total. The molecule has 2 aromatic heterocycles. The largest absolute Gasteiger partial charge is 0.328 e. The first kappa shape index (κ1) is 13.3. The van der Waals surface area contributed by atoms with Gasteiger partial charge in [-0.1, -0.05) is 12.1 Å². The molecular weight excluding hydrogens is 266 g/mol. The quantitative estimate of drug-likeness (QED) is 0.778. The van der Waals surface area contributed by atoms with Gasteiger partial charge in [-0.05, 0) is 43.1 Å². The van der Waals surface area contributed by atoms with Crippen molar-refractivity contribution in [2.45, 2.75) is 26.4 Å². The van der Waals surface area contributed by atoms with Crippen LogP contribution in [0.15, 0.2) is 35.7 Å². The van der Waals surface area contributed by atoms with Crippen molar-refractivity contribution in [1.82, 2.24) is 14.9 Å². The smallest absolute Gasteiger partial charge is 0.114 e. The molecule has 0 atom stereocenters. The number of para-hydroxylation sites is 2. The minimum atomic E-state index is 0.905. The van der Waals surface area contributed by atoms with Crippen LogP contribution in [0.25, 0.3) is 11.0 Å². The molecule has 0 unspecified atom stereocenters. The fourth-order valence-corrected chi connectivity index (χ4v) is 3.48. The van der Waals surface area contributed by atoms with Crippen molar-refractivity contribution in [2.75, 3.05) is 7.05 Å². The summed E-state index contributed by atoms with van der Waals surface area (Å²) in [6, 6.07) is 10.6. The Hall–Kier alpha value is -1.65. The Bertz CT molecular complexity index is 711. The molecule has 104 valence electrons. The number of thiophene rings is 1. The average Bonchev–Trinajstić information content (AvgIpc) is 3.03. The zero-order chi connectivity index (χ0) is 13.9. The number of hydrogen-bond donors (Lipinski definition) is 1. The van der Waals surface area contributed by atoms with Gasteiger partial charge in [0.1, 0.15) is 5.82 Å². The van der Waals surface area contributed by atoms with E-state index in [1.54, 1.807) is 0 Å². The average molecular weight is 285 g/mol. The Balaban J connectivity index is 1.93. The van der Waals surface area contributed by atoms with Crippen molar-refractivity contribution in [2.24, 2.45) is 0 Å². The molecule has 20 heavy (non-hydrogen) atoms. The molecule has 0 bridgehead atoms. The van der Waals surface area contributed by atoms with Gasteiger partial charge in [-0.2, -0.15) is 0 Å². The highest BCUT2D eigenvalue weighted by Crippen LogP contribution is 2.21. The van der Waals surface area contributed by atoms with Crippen molar-refractivity contribution in [3.63, 3.8) is 0 Å². The maximum atomic E-state index is 4.79. The maximum Gasteiger partial charge on any atom is 0.114 e. The van der Waals surface area contributed by atoms with Crippen LogP contribution in [-0.2, 0) is 19.5 Å². The number of fused-ring (bicyclic) bond motifs is 1. The van der Waals surface area contributed by atoms with E-state index in [0.717, 1.165) is 30.9 Å². The summed E-state index contributed by atoms with van der Waals surface area (Å²) in [5.74, 6) is 1.16. The molecule has 4 heteroatoms. The fourth-order valence-electron chi connectivity index (χ4n) is 2.58. The third kappa shape index (κ3) is 2.49. The van der Waals surface area contributed by atoms with E-state index >= 15 is 0 Å². The molecule has 0 amide bonds. The van der Waals surface area contributed by atoms with Gasteiger partial charge in [-0.15, -0.1) is 11.3 Å². The van der Waals surface area contributed by atoms with Crippen molar-refractivity contribution in [3.8, 4) is 0 Å². The lowest BCUT2D eigenvalue weighted by atomic mass is 10.2. The zero-order valence-corrected chi connectivity index (χ0v) is 12.7. The summed E-state index contributed by atoms with van der Waals surface area (Å²) < 4.78 is 2.31. The van der Waals surface area contributed by atoms with Crippen molar-refractivity contribution < 1.29 is 0 Å². The fraction of sp³-hybridized carbons (Fsp3) is 0.312. The van der Waals surface area contributed by atoms with Crippen LogP contribution in [0.4, 0.5) is 0 Å². The molecule has 1 aromatic carbocycles. The Morgan fingerprint density at radius 3 is 2.95 bits per heavy atom. The minimum absolute atomic E-state index is 0.905. The summed E-state index contributed by atoms with van der Waals surface area (Å²) in [5, 5.41) is 5.44. The Morgan fingerprint density at radius 2 is 2.15 bits per heavy atom. The van der Waals surface area contributed by atoms with E-state index in [2.05, 4.69) is 52.5 Å². The zero-order valence-electron chi connectivity index (χ0n) is 11.9. The first-order chi connectivity index (χ1) is 9.81. The normalized spacial score (nSPS) is 11.3. The van der Waals surface area contributed by atoms with Crippen LogP contribution >= 0.6 is 11.3 Å². The second-order valence-electron chi connectivity index (χ2n) is 4.89. The third-order valence-electron chi connectivity index (χ3n) is 3.47. The van der Waals surface area contributed by atoms with E-state index < -0.39 is 0 Å². The molecule has 3 rings (SSSR count). The lowest BCUT2D eigenvalue weighted by molar-refractivity contribution is 0.734. The Morgan fingerprint density at radius 1 is 1.30 bits per heavy atom. The van der Waals surface area contributed by atoms with Gasteiger partial charge in [0, 0.05) is 24.4 Å². The van der Waals surface area contributed by atoms with Gasteiger partial charge in [0.05, 0.1) is 11.0 Å². The van der Waals surface area contributed by atoms with Gasteiger partial charge in [0.15, 0.2) is 0 Å². The summed E-state index contributed by atoms with van der Waals surface area (Å²) in [5.41, 5.74) is 3.68. The molecular formula is C16H19N3S. The molecule has 0 saturated carbocycles. The monoisotopic (exact) mass is 285 g/mol. The molecule has 3 aromatic rings. The summed E-state index contributed by atoms with van der Waals surface area (Å²) in [7, 11) is 1.98. The number of nitrogens with zero attached hydrogens (tertiary/aromatic N) is 2. The van der Waals surface area contributed by atoms with E-state index in [1.165, 1.54) is 16.0 Å². The number of rotatable bonds is 5. The topological polar surface area (TPSA) is 29.9 Å². The Kier molecular flexibility index (Phi) is 3.85. The summed E-state index contributed by atoms with van der Waals surface area (Å²) in [6.45, 7) is 4.08.